The molecule has 18 heavy (non-hydrogen) atoms. The van der Waals surface area contributed by atoms with Gasteiger partial charge in [-0.15, -0.1) is 0 Å². The van der Waals surface area contributed by atoms with E-state index in [0.717, 1.165) is 24.1 Å². The van der Waals surface area contributed by atoms with E-state index in [4.69, 9.17) is 0 Å². The van der Waals surface area contributed by atoms with Crippen molar-refractivity contribution in [3.8, 4) is 5.75 Å². The van der Waals surface area contributed by atoms with E-state index in [1.165, 1.54) is 6.07 Å². The van der Waals surface area contributed by atoms with Crippen LogP contribution in [0.25, 0.3) is 0 Å². The molecule has 0 saturated carbocycles. The number of aryl methyl sites for hydroxylation is 1. The topological polar surface area (TPSA) is 55.1 Å². The van der Waals surface area contributed by atoms with Gasteiger partial charge in [0.05, 0.1) is 6.54 Å². The fourth-order valence-corrected chi connectivity index (χ4v) is 1.95. The minimum atomic E-state index is -0.178. The zero-order valence-electron chi connectivity index (χ0n) is 10.3. The number of pyridine rings is 2. The third kappa shape index (κ3) is 2.77. The second kappa shape index (κ2) is 5.49. The number of hydrogen-bond acceptors (Lipinski definition) is 3. The Morgan fingerprint density at radius 3 is 2.89 bits per heavy atom. The molecular weight excluding hydrogens is 228 g/mol. The van der Waals surface area contributed by atoms with Gasteiger partial charge in [0.25, 0.3) is 5.56 Å². The van der Waals surface area contributed by atoms with Gasteiger partial charge in [-0.1, -0.05) is 19.4 Å². The summed E-state index contributed by atoms with van der Waals surface area (Å²) in [5, 5.41) is 9.49. The van der Waals surface area contributed by atoms with Crippen molar-refractivity contribution in [3.63, 3.8) is 0 Å². The molecule has 0 unspecified atom stereocenters. The lowest BCUT2D eigenvalue weighted by molar-refractivity contribution is 0.469. The largest absolute Gasteiger partial charge is 0.508 e. The second-order valence-corrected chi connectivity index (χ2v) is 4.24. The SMILES string of the molecule is CCCc1cc(O)cc(=O)n1Cc1cccnc1. The van der Waals surface area contributed by atoms with Crippen LogP contribution < -0.4 is 5.56 Å². The maximum Gasteiger partial charge on any atom is 0.254 e. The van der Waals surface area contributed by atoms with Crippen molar-refractivity contribution in [1.29, 1.82) is 0 Å². The van der Waals surface area contributed by atoms with Crippen LogP contribution in [0.4, 0.5) is 0 Å². The average Bonchev–Trinajstić information content (AvgIpc) is 2.35. The van der Waals surface area contributed by atoms with Gasteiger partial charge in [0.2, 0.25) is 0 Å². The lowest BCUT2D eigenvalue weighted by Gasteiger charge is -2.12. The first-order valence-electron chi connectivity index (χ1n) is 6.02. The van der Waals surface area contributed by atoms with E-state index in [9.17, 15) is 9.90 Å². The molecule has 2 aromatic heterocycles. The lowest BCUT2D eigenvalue weighted by atomic mass is 10.2. The molecule has 94 valence electrons. The van der Waals surface area contributed by atoms with E-state index in [0.29, 0.717) is 6.54 Å². The van der Waals surface area contributed by atoms with Gasteiger partial charge < -0.3 is 9.67 Å². The molecule has 0 aliphatic rings. The Bertz CT molecular complexity index is 576. The van der Waals surface area contributed by atoms with Gasteiger partial charge in [-0.05, 0) is 24.1 Å². The van der Waals surface area contributed by atoms with Gasteiger partial charge in [0.1, 0.15) is 5.75 Å². The van der Waals surface area contributed by atoms with Crippen LogP contribution in [0, 0.1) is 0 Å². The summed E-state index contributed by atoms with van der Waals surface area (Å²) in [5.74, 6) is 0.0332. The minimum absolute atomic E-state index is 0.0332. The van der Waals surface area contributed by atoms with Crippen LogP contribution in [0.2, 0.25) is 0 Å². The Labute approximate surface area is 106 Å². The number of nitrogens with zero attached hydrogens (tertiary/aromatic N) is 2. The third-order valence-electron chi connectivity index (χ3n) is 2.77. The number of hydrogen-bond donors (Lipinski definition) is 1. The quantitative estimate of drug-likeness (QED) is 0.894. The van der Waals surface area contributed by atoms with Crippen LogP contribution in [0.1, 0.15) is 24.6 Å². The number of aromatic hydroxyl groups is 1. The molecule has 0 spiro atoms. The van der Waals surface area contributed by atoms with Crippen molar-refractivity contribution in [2.24, 2.45) is 0 Å². The van der Waals surface area contributed by atoms with Crippen molar-refractivity contribution in [2.75, 3.05) is 0 Å². The van der Waals surface area contributed by atoms with Crippen molar-refractivity contribution in [1.82, 2.24) is 9.55 Å². The molecule has 0 aliphatic carbocycles. The molecule has 4 heteroatoms. The maximum absolute atomic E-state index is 11.9. The van der Waals surface area contributed by atoms with E-state index >= 15 is 0 Å². The first-order chi connectivity index (χ1) is 8.70. The molecule has 2 rings (SSSR count). The average molecular weight is 244 g/mol. The van der Waals surface area contributed by atoms with Crippen LogP contribution in [-0.4, -0.2) is 14.7 Å². The number of aromatic nitrogens is 2. The molecule has 0 atom stereocenters. The van der Waals surface area contributed by atoms with Gasteiger partial charge in [-0.25, -0.2) is 0 Å². The maximum atomic E-state index is 11.9. The summed E-state index contributed by atoms with van der Waals surface area (Å²) in [6.45, 7) is 2.53. The Balaban J connectivity index is 2.40. The van der Waals surface area contributed by atoms with Gasteiger partial charge in [-0.3, -0.25) is 9.78 Å². The van der Waals surface area contributed by atoms with Crippen LogP contribution in [0.15, 0.2) is 41.5 Å². The fraction of sp³-hybridized carbons (Fsp3) is 0.286. The molecule has 2 aromatic rings. The molecular formula is C14H16N2O2. The summed E-state index contributed by atoms with van der Waals surface area (Å²) in [7, 11) is 0. The van der Waals surface area contributed by atoms with Crippen molar-refractivity contribution in [2.45, 2.75) is 26.3 Å². The highest BCUT2D eigenvalue weighted by molar-refractivity contribution is 5.23. The van der Waals surface area contributed by atoms with Crippen molar-refractivity contribution in [3.05, 3.63) is 58.3 Å². The van der Waals surface area contributed by atoms with E-state index < -0.39 is 0 Å². The molecule has 0 saturated heterocycles. The molecule has 0 aromatic carbocycles. The Morgan fingerprint density at radius 1 is 1.39 bits per heavy atom. The summed E-state index contributed by atoms with van der Waals surface area (Å²) in [6.07, 6.45) is 5.14. The summed E-state index contributed by atoms with van der Waals surface area (Å²) in [5.41, 5.74) is 1.65. The van der Waals surface area contributed by atoms with Crippen LogP contribution in [-0.2, 0) is 13.0 Å². The smallest absolute Gasteiger partial charge is 0.254 e. The Kier molecular flexibility index (Phi) is 3.77. The monoisotopic (exact) mass is 244 g/mol. The van der Waals surface area contributed by atoms with Gasteiger partial charge >= 0.3 is 0 Å². The molecule has 0 fully saturated rings. The molecule has 1 N–H and O–H groups in total. The summed E-state index contributed by atoms with van der Waals surface area (Å²) < 4.78 is 1.68. The zero-order chi connectivity index (χ0) is 13.0. The first-order valence-corrected chi connectivity index (χ1v) is 6.02. The lowest BCUT2D eigenvalue weighted by Crippen LogP contribution is -2.23. The van der Waals surface area contributed by atoms with Crippen LogP contribution in [0.5, 0.6) is 5.75 Å². The molecule has 4 nitrogen and oxygen atoms in total. The summed E-state index contributed by atoms with van der Waals surface area (Å²) in [6, 6.07) is 6.68. The standard InChI is InChI=1S/C14H16N2O2/c1-2-4-12-7-13(17)8-14(18)16(12)10-11-5-3-6-15-9-11/h3,5-9,17H,2,4,10H2,1H3. The zero-order valence-corrected chi connectivity index (χ0v) is 10.3. The third-order valence-corrected chi connectivity index (χ3v) is 2.77. The molecule has 0 aliphatic heterocycles. The molecule has 0 radical (unpaired) electrons. The predicted molar refractivity (Wildman–Crippen MR) is 69.7 cm³/mol. The van der Waals surface area contributed by atoms with Gasteiger partial charge in [0, 0.05) is 24.2 Å². The van der Waals surface area contributed by atoms with Crippen LogP contribution in [0.3, 0.4) is 0 Å². The van der Waals surface area contributed by atoms with E-state index in [1.54, 1.807) is 23.0 Å². The fourth-order valence-electron chi connectivity index (χ4n) is 1.95. The highest BCUT2D eigenvalue weighted by Crippen LogP contribution is 2.11. The molecule has 0 bridgehead atoms. The summed E-state index contributed by atoms with van der Waals surface area (Å²) in [4.78, 5) is 16.0. The van der Waals surface area contributed by atoms with Crippen LogP contribution >= 0.6 is 0 Å². The van der Waals surface area contributed by atoms with Gasteiger partial charge in [-0.2, -0.15) is 0 Å². The van der Waals surface area contributed by atoms with Gasteiger partial charge in [0.15, 0.2) is 0 Å². The Morgan fingerprint density at radius 2 is 2.22 bits per heavy atom. The van der Waals surface area contributed by atoms with E-state index in [2.05, 4.69) is 4.98 Å². The van der Waals surface area contributed by atoms with E-state index in [1.807, 2.05) is 19.1 Å². The second-order valence-electron chi connectivity index (χ2n) is 4.24. The summed E-state index contributed by atoms with van der Waals surface area (Å²) >= 11 is 0. The minimum Gasteiger partial charge on any atom is -0.508 e. The predicted octanol–water partition coefficient (Wildman–Crippen LogP) is 1.95. The van der Waals surface area contributed by atoms with Crippen molar-refractivity contribution < 1.29 is 5.11 Å². The number of rotatable bonds is 4. The molecule has 2 heterocycles. The highest BCUT2D eigenvalue weighted by atomic mass is 16.3. The van der Waals surface area contributed by atoms with Crippen molar-refractivity contribution >= 4 is 0 Å². The normalized spacial score (nSPS) is 10.5. The first kappa shape index (κ1) is 12.4. The van der Waals surface area contributed by atoms with E-state index in [-0.39, 0.29) is 11.3 Å². The highest BCUT2D eigenvalue weighted by Gasteiger charge is 2.06. The molecule has 0 amide bonds. The Hall–Kier alpha value is -2.10.